The van der Waals surface area contributed by atoms with Crippen LogP contribution in [0.2, 0.25) is 5.02 Å². The van der Waals surface area contributed by atoms with Crippen LogP contribution in [0.4, 0.5) is 0 Å². The highest BCUT2D eigenvalue weighted by atomic mass is 35.5. The second-order valence-electron chi connectivity index (χ2n) is 7.06. The lowest BCUT2D eigenvalue weighted by molar-refractivity contribution is -0.126. The van der Waals surface area contributed by atoms with E-state index in [1.54, 1.807) is 11.0 Å². The molecule has 1 aliphatic rings. The lowest BCUT2D eigenvalue weighted by Gasteiger charge is -2.28. The fourth-order valence-corrected chi connectivity index (χ4v) is 3.52. The van der Waals surface area contributed by atoms with Crippen molar-refractivity contribution in [2.24, 2.45) is 0 Å². The summed E-state index contributed by atoms with van der Waals surface area (Å²) < 4.78 is 0. The summed E-state index contributed by atoms with van der Waals surface area (Å²) in [5.74, 6) is -0.146. The zero-order chi connectivity index (χ0) is 18.8. The number of nitrogens with one attached hydrogen (secondary N) is 1. The van der Waals surface area contributed by atoms with Crippen LogP contribution < -0.4 is 5.32 Å². The van der Waals surface area contributed by atoms with Crippen LogP contribution >= 0.6 is 11.6 Å². The van der Waals surface area contributed by atoms with Crippen LogP contribution in [0.3, 0.4) is 0 Å². The molecule has 2 aromatic rings. The smallest absolute Gasteiger partial charge is 0.255 e. The van der Waals surface area contributed by atoms with E-state index in [1.807, 2.05) is 56.3 Å². The fraction of sp³-hybridized carbons (Fsp3) is 0.333. The van der Waals surface area contributed by atoms with E-state index in [4.69, 9.17) is 11.6 Å². The first-order chi connectivity index (χ1) is 12.4. The monoisotopic (exact) mass is 370 g/mol. The van der Waals surface area contributed by atoms with Gasteiger partial charge in [0.25, 0.3) is 5.91 Å². The first-order valence-electron chi connectivity index (χ1n) is 8.84. The van der Waals surface area contributed by atoms with Gasteiger partial charge in [-0.25, -0.2) is 0 Å². The summed E-state index contributed by atoms with van der Waals surface area (Å²) in [6, 6.07) is 14.4. The molecule has 0 radical (unpaired) electrons. The van der Waals surface area contributed by atoms with E-state index in [9.17, 15) is 9.59 Å². The number of amides is 2. The lowest BCUT2D eigenvalue weighted by atomic mass is 9.99. The maximum atomic E-state index is 12.9. The van der Waals surface area contributed by atoms with Crippen molar-refractivity contribution in [1.82, 2.24) is 10.2 Å². The topological polar surface area (TPSA) is 49.4 Å². The van der Waals surface area contributed by atoms with E-state index in [1.165, 1.54) is 0 Å². The van der Waals surface area contributed by atoms with Crippen molar-refractivity contribution in [2.75, 3.05) is 6.54 Å². The van der Waals surface area contributed by atoms with Gasteiger partial charge in [0.05, 0.1) is 0 Å². The van der Waals surface area contributed by atoms with E-state index in [-0.39, 0.29) is 23.8 Å². The molecular weight excluding hydrogens is 348 g/mol. The van der Waals surface area contributed by atoms with Crippen molar-refractivity contribution in [3.8, 4) is 0 Å². The Morgan fingerprint density at radius 3 is 2.42 bits per heavy atom. The average Bonchev–Trinajstić information content (AvgIpc) is 2.87. The Labute approximate surface area is 159 Å². The number of nitrogens with zero attached hydrogens (tertiary/aromatic N) is 1. The second-order valence-corrected chi connectivity index (χ2v) is 7.50. The molecule has 0 spiro atoms. The Kier molecular flexibility index (Phi) is 5.33. The van der Waals surface area contributed by atoms with Gasteiger partial charge in [0.2, 0.25) is 5.91 Å². The van der Waals surface area contributed by atoms with Gasteiger partial charge in [-0.15, -0.1) is 0 Å². The summed E-state index contributed by atoms with van der Waals surface area (Å²) in [5.41, 5.74) is 2.47. The Balaban J connectivity index is 1.89. The summed E-state index contributed by atoms with van der Waals surface area (Å²) in [6.45, 7) is 6.35. The van der Waals surface area contributed by atoms with Crippen molar-refractivity contribution in [2.45, 2.75) is 38.8 Å². The van der Waals surface area contributed by atoms with Crippen molar-refractivity contribution < 1.29 is 9.59 Å². The highest BCUT2D eigenvalue weighted by molar-refractivity contribution is 6.30. The Morgan fingerprint density at radius 2 is 1.77 bits per heavy atom. The number of fused-ring (bicyclic) bond motifs is 1. The maximum absolute atomic E-state index is 12.9. The number of hydrogen-bond acceptors (Lipinski definition) is 2. The fourth-order valence-electron chi connectivity index (χ4n) is 3.40. The van der Waals surface area contributed by atoms with Gasteiger partial charge in [0.15, 0.2) is 0 Å². The van der Waals surface area contributed by atoms with Crippen molar-refractivity contribution in [3.05, 3.63) is 70.2 Å². The van der Waals surface area contributed by atoms with Gasteiger partial charge in [-0.1, -0.05) is 48.9 Å². The van der Waals surface area contributed by atoms with E-state index < -0.39 is 6.04 Å². The van der Waals surface area contributed by atoms with Crippen LogP contribution in [0.25, 0.3) is 0 Å². The molecule has 1 aliphatic heterocycles. The van der Waals surface area contributed by atoms with Crippen LogP contribution in [0.15, 0.2) is 48.5 Å². The van der Waals surface area contributed by atoms with Crippen molar-refractivity contribution in [3.63, 3.8) is 0 Å². The molecule has 0 saturated heterocycles. The SMILES string of the molecule is CC(C)NC(=O)C1c2ccccc2C(=O)N1CC(C)c1ccc(Cl)cc1. The van der Waals surface area contributed by atoms with Crippen LogP contribution in [-0.4, -0.2) is 29.3 Å². The highest BCUT2D eigenvalue weighted by Crippen LogP contribution is 2.35. The van der Waals surface area contributed by atoms with Gasteiger partial charge in [-0.3, -0.25) is 9.59 Å². The molecule has 136 valence electrons. The predicted octanol–water partition coefficient (Wildman–Crippen LogP) is 4.17. The maximum Gasteiger partial charge on any atom is 0.255 e. The van der Waals surface area contributed by atoms with E-state index in [0.717, 1.165) is 11.1 Å². The van der Waals surface area contributed by atoms with E-state index >= 15 is 0 Å². The first-order valence-corrected chi connectivity index (χ1v) is 9.22. The minimum atomic E-state index is -0.587. The summed E-state index contributed by atoms with van der Waals surface area (Å²) in [4.78, 5) is 27.4. The number of carbonyl (C=O) groups is 2. The molecule has 2 unspecified atom stereocenters. The van der Waals surface area contributed by atoms with Gasteiger partial charge in [-0.2, -0.15) is 0 Å². The van der Waals surface area contributed by atoms with Crippen LogP contribution in [0.1, 0.15) is 54.2 Å². The van der Waals surface area contributed by atoms with Crippen molar-refractivity contribution >= 4 is 23.4 Å². The molecule has 2 atom stereocenters. The molecule has 0 aliphatic carbocycles. The summed E-state index contributed by atoms with van der Waals surface area (Å²) in [5, 5.41) is 3.63. The second kappa shape index (κ2) is 7.50. The van der Waals surface area contributed by atoms with Gasteiger partial charge in [-0.05, 0) is 49.1 Å². The molecular formula is C21H23ClN2O2. The highest BCUT2D eigenvalue weighted by Gasteiger charge is 2.41. The summed E-state index contributed by atoms with van der Waals surface area (Å²) >= 11 is 5.97. The van der Waals surface area contributed by atoms with Crippen LogP contribution in [-0.2, 0) is 4.79 Å². The average molecular weight is 371 g/mol. The quantitative estimate of drug-likeness (QED) is 0.858. The molecule has 26 heavy (non-hydrogen) atoms. The summed E-state index contributed by atoms with van der Waals surface area (Å²) in [6.07, 6.45) is 0. The zero-order valence-electron chi connectivity index (χ0n) is 15.2. The van der Waals surface area contributed by atoms with Gasteiger partial charge >= 0.3 is 0 Å². The van der Waals surface area contributed by atoms with Gasteiger partial charge in [0.1, 0.15) is 6.04 Å². The lowest BCUT2D eigenvalue weighted by Crippen LogP contribution is -2.42. The third-order valence-electron chi connectivity index (χ3n) is 4.65. The Bertz CT molecular complexity index is 817. The third-order valence-corrected chi connectivity index (χ3v) is 4.90. The molecule has 0 saturated carbocycles. The molecule has 4 nitrogen and oxygen atoms in total. The number of halogens is 1. The van der Waals surface area contributed by atoms with Crippen LogP contribution in [0.5, 0.6) is 0 Å². The Hall–Kier alpha value is -2.33. The number of rotatable bonds is 5. The Morgan fingerprint density at radius 1 is 1.12 bits per heavy atom. The zero-order valence-corrected chi connectivity index (χ0v) is 16.0. The van der Waals surface area contributed by atoms with Crippen molar-refractivity contribution in [1.29, 1.82) is 0 Å². The van der Waals surface area contributed by atoms with E-state index in [0.29, 0.717) is 17.1 Å². The number of hydrogen-bond donors (Lipinski definition) is 1. The molecule has 0 fully saturated rings. The minimum Gasteiger partial charge on any atom is -0.352 e. The molecule has 3 rings (SSSR count). The molecule has 1 N–H and O–H groups in total. The van der Waals surface area contributed by atoms with Gasteiger partial charge < -0.3 is 10.2 Å². The largest absolute Gasteiger partial charge is 0.352 e. The molecule has 1 heterocycles. The standard InChI is InChI=1S/C21H23ClN2O2/c1-13(2)23-20(25)19-17-6-4-5-7-18(17)21(26)24(19)12-14(3)15-8-10-16(22)11-9-15/h4-11,13-14,19H,12H2,1-3H3,(H,23,25). The predicted molar refractivity (Wildman–Crippen MR) is 103 cm³/mol. The number of carbonyl (C=O) groups excluding carboxylic acids is 2. The first kappa shape index (κ1) is 18.5. The third kappa shape index (κ3) is 3.61. The molecule has 5 heteroatoms. The van der Waals surface area contributed by atoms with E-state index in [2.05, 4.69) is 12.2 Å². The minimum absolute atomic E-state index is 0.0147. The molecule has 0 aromatic heterocycles. The van der Waals surface area contributed by atoms with Gasteiger partial charge in [0, 0.05) is 23.2 Å². The van der Waals surface area contributed by atoms with Crippen LogP contribution in [0, 0.1) is 0 Å². The normalized spacial score (nSPS) is 17.3. The molecule has 2 aromatic carbocycles. The molecule has 2 amide bonds. The number of benzene rings is 2. The summed E-state index contributed by atoms with van der Waals surface area (Å²) in [7, 11) is 0. The molecule has 0 bridgehead atoms.